The quantitative estimate of drug-likeness (QED) is 0.102. The largest absolute Gasteiger partial charge is 0.505 e. The van der Waals surface area contributed by atoms with Crippen LogP contribution in [0.15, 0.2) is 11.5 Å². The molecule has 0 aliphatic carbocycles. The standard InChI is InChI=1S/C16H32O2.C6H8O6.C2H8OSi/c1-2-3-4-5-6-7-8-9-10-11-12-13-14-15-16(17)18;7-1-2(8)5-3(9)4(10)6(11)12-5;1-4(2)3/h2-15H2,1H3,(H,17,18);2,5,7-10H,1H2;3-4H,1-2H3/t;2-,5+;/m.0./s1. The van der Waals surface area contributed by atoms with Crippen LogP contribution in [-0.4, -0.2) is 70.1 Å². The Hall–Kier alpha value is -1.62. The van der Waals surface area contributed by atoms with Crippen molar-refractivity contribution in [2.75, 3.05) is 6.61 Å². The number of unbranched alkanes of at least 4 members (excludes halogenated alkanes) is 12. The molecule has 6 N–H and O–H groups in total. The van der Waals surface area contributed by atoms with E-state index in [1.807, 2.05) is 13.1 Å². The summed E-state index contributed by atoms with van der Waals surface area (Å²) in [7, 11) is -1.14. The van der Waals surface area contributed by atoms with Crippen LogP contribution in [0.3, 0.4) is 0 Å². The number of aliphatic hydroxyl groups excluding tert-OH is 4. The van der Waals surface area contributed by atoms with Gasteiger partial charge in [0.05, 0.1) is 6.61 Å². The molecule has 10 heteroatoms. The fraction of sp³-hybridized carbons (Fsp3) is 0.833. The number of hydrogen-bond donors (Lipinski definition) is 6. The molecule has 0 fully saturated rings. The van der Waals surface area contributed by atoms with Gasteiger partial charge in [-0.1, -0.05) is 84.0 Å². The van der Waals surface area contributed by atoms with E-state index in [2.05, 4.69) is 11.7 Å². The maximum atomic E-state index is 10.5. The monoisotopic (exact) mass is 508 g/mol. The van der Waals surface area contributed by atoms with Crippen molar-refractivity contribution < 1.29 is 44.7 Å². The number of carboxylic acid groups (broad SMARTS) is 1. The summed E-state index contributed by atoms with van der Waals surface area (Å²) < 4.78 is 4.32. The van der Waals surface area contributed by atoms with Gasteiger partial charge in [0.1, 0.15) is 6.10 Å². The van der Waals surface area contributed by atoms with Gasteiger partial charge in [-0.3, -0.25) is 4.79 Å². The lowest BCUT2D eigenvalue weighted by molar-refractivity contribution is -0.147. The first-order valence-corrected chi connectivity index (χ1v) is 15.4. The molecule has 1 heterocycles. The number of cyclic esters (lactones) is 1. The first-order chi connectivity index (χ1) is 16.1. The second kappa shape index (κ2) is 23.1. The van der Waals surface area contributed by atoms with E-state index in [4.69, 9.17) is 30.3 Å². The van der Waals surface area contributed by atoms with Crippen LogP contribution in [0.4, 0.5) is 0 Å². The molecule has 0 aromatic carbocycles. The number of ether oxygens (including phenoxy) is 1. The topological polar surface area (TPSA) is 165 Å². The zero-order chi connectivity index (χ0) is 26.4. The predicted molar refractivity (Wildman–Crippen MR) is 134 cm³/mol. The number of carbonyl (C=O) groups excluding carboxylic acids is 1. The molecule has 0 spiro atoms. The highest BCUT2D eigenvalue weighted by Crippen LogP contribution is 2.20. The van der Waals surface area contributed by atoms with Gasteiger partial charge >= 0.3 is 11.9 Å². The zero-order valence-electron chi connectivity index (χ0n) is 21.2. The summed E-state index contributed by atoms with van der Waals surface area (Å²) in [6, 6.07) is 0. The maximum Gasteiger partial charge on any atom is 0.377 e. The number of rotatable bonds is 16. The Morgan fingerprint density at radius 2 is 1.29 bits per heavy atom. The first kappa shape index (κ1) is 34.5. The highest BCUT2D eigenvalue weighted by molar-refractivity contribution is 6.46. The molecule has 0 saturated heterocycles. The van der Waals surface area contributed by atoms with E-state index in [1.165, 1.54) is 70.6 Å². The van der Waals surface area contributed by atoms with Crippen molar-refractivity contribution in [2.45, 2.75) is 122 Å². The van der Waals surface area contributed by atoms with Crippen LogP contribution < -0.4 is 0 Å². The fourth-order valence-corrected chi connectivity index (χ4v) is 3.12. The highest BCUT2D eigenvalue weighted by Gasteiger charge is 2.38. The van der Waals surface area contributed by atoms with Crippen molar-refractivity contribution in [1.29, 1.82) is 0 Å². The average Bonchev–Trinajstić information content (AvgIpc) is 3.03. The second-order valence-corrected chi connectivity index (χ2v) is 11.0. The average molecular weight is 509 g/mol. The van der Waals surface area contributed by atoms with E-state index < -0.39 is 51.3 Å². The fourth-order valence-electron chi connectivity index (χ4n) is 3.12. The Balaban J connectivity index is 0. The lowest BCUT2D eigenvalue weighted by Gasteiger charge is -2.13. The minimum absolute atomic E-state index is 0.345. The minimum Gasteiger partial charge on any atom is -0.505 e. The molecular weight excluding hydrogens is 460 g/mol. The molecule has 1 rings (SSSR count). The van der Waals surface area contributed by atoms with Crippen LogP contribution in [0.2, 0.25) is 13.1 Å². The lowest BCUT2D eigenvalue weighted by atomic mass is 10.0. The van der Waals surface area contributed by atoms with Gasteiger partial charge in [-0.25, -0.2) is 4.79 Å². The first-order valence-electron chi connectivity index (χ1n) is 12.6. The Labute approximate surface area is 206 Å². The molecule has 1 aliphatic rings. The molecule has 0 bridgehead atoms. The Morgan fingerprint density at radius 3 is 1.59 bits per heavy atom. The van der Waals surface area contributed by atoms with Crippen molar-refractivity contribution in [3.63, 3.8) is 0 Å². The normalized spacial score (nSPS) is 15.9. The Kier molecular flexibility index (Phi) is 23.5. The van der Waals surface area contributed by atoms with Gasteiger partial charge in [0.2, 0.25) is 5.76 Å². The number of aliphatic carboxylic acids is 1. The number of carbonyl (C=O) groups is 2. The molecule has 34 heavy (non-hydrogen) atoms. The van der Waals surface area contributed by atoms with Crippen molar-refractivity contribution in [1.82, 2.24) is 0 Å². The molecule has 0 aromatic rings. The van der Waals surface area contributed by atoms with E-state index in [0.717, 1.165) is 12.8 Å². The minimum atomic E-state index is -1.42. The Bertz CT molecular complexity index is 550. The molecule has 2 atom stereocenters. The van der Waals surface area contributed by atoms with E-state index >= 15 is 0 Å². The summed E-state index contributed by atoms with van der Waals surface area (Å²) in [4.78, 5) is 29.0. The molecule has 9 nitrogen and oxygen atoms in total. The van der Waals surface area contributed by atoms with Gasteiger partial charge in [0.25, 0.3) is 0 Å². The molecule has 0 radical (unpaired) electrons. The van der Waals surface area contributed by atoms with Crippen molar-refractivity contribution in [3.05, 3.63) is 11.5 Å². The maximum absolute atomic E-state index is 10.5. The number of hydrogen-bond acceptors (Lipinski definition) is 8. The number of carboxylic acids is 1. The van der Waals surface area contributed by atoms with Crippen LogP contribution >= 0.6 is 0 Å². The van der Waals surface area contributed by atoms with Crippen LogP contribution in [0.25, 0.3) is 0 Å². The highest BCUT2D eigenvalue weighted by atomic mass is 28.3. The van der Waals surface area contributed by atoms with Crippen molar-refractivity contribution in [2.24, 2.45) is 0 Å². The molecule has 0 saturated carbocycles. The third-order valence-electron chi connectivity index (χ3n) is 4.97. The second-order valence-electron chi connectivity index (χ2n) is 8.79. The number of esters is 1. The van der Waals surface area contributed by atoms with Crippen molar-refractivity contribution >= 4 is 21.0 Å². The van der Waals surface area contributed by atoms with Crippen LogP contribution in [0.5, 0.6) is 0 Å². The van der Waals surface area contributed by atoms with Crippen LogP contribution in [0.1, 0.15) is 96.8 Å². The molecule has 1 aliphatic heterocycles. The zero-order valence-corrected chi connectivity index (χ0v) is 22.4. The summed E-state index contributed by atoms with van der Waals surface area (Å²) in [5, 5.41) is 43.5. The lowest BCUT2D eigenvalue weighted by Crippen LogP contribution is -2.31. The van der Waals surface area contributed by atoms with E-state index in [9.17, 15) is 9.59 Å². The van der Waals surface area contributed by atoms with Gasteiger partial charge in [-0.05, 0) is 19.5 Å². The van der Waals surface area contributed by atoms with Crippen LogP contribution in [-0.2, 0) is 14.3 Å². The third-order valence-corrected chi connectivity index (χ3v) is 4.97. The van der Waals surface area contributed by atoms with Gasteiger partial charge < -0.3 is 35.1 Å². The summed E-state index contributed by atoms with van der Waals surface area (Å²) in [5.41, 5.74) is 0. The molecule has 0 aromatic heterocycles. The molecule has 0 amide bonds. The van der Waals surface area contributed by atoms with E-state index in [1.54, 1.807) is 0 Å². The SMILES string of the molecule is CCCCCCCCCCCCCCCC(=O)O.C[SiH](C)O.O=C1O[C@H]([C@@H](O)CO)C(O)=C1O. The third kappa shape index (κ3) is 20.9. The van der Waals surface area contributed by atoms with Gasteiger partial charge in [-0.15, -0.1) is 0 Å². The molecule has 0 unspecified atom stereocenters. The molecule has 202 valence electrons. The van der Waals surface area contributed by atoms with Crippen LogP contribution in [0, 0.1) is 0 Å². The van der Waals surface area contributed by atoms with E-state index in [0.29, 0.717) is 6.42 Å². The van der Waals surface area contributed by atoms with E-state index in [-0.39, 0.29) is 0 Å². The summed E-state index contributed by atoms with van der Waals surface area (Å²) in [6.07, 6.45) is 14.5. The Morgan fingerprint density at radius 1 is 0.912 bits per heavy atom. The number of aliphatic hydroxyl groups is 4. The van der Waals surface area contributed by atoms with Gasteiger partial charge in [0, 0.05) is 6.42 Å². The summed E-state index contributed by atoms with van der Waals surface area (Å²) in [5.74, 6) is -3.43. The smallest absolute Gasteiger partial charge is 0.377 e. The predicted octanol–water partition coefficient (Wildman–Crippen LogP) is 4.11. The summed E-state index contributed by atoms with van der Waals surface area (Å²) in [6.45, 7) is 5.31. The van der Waals surface area contributed by atoms with Gasteiger partial charge in [0.15, 0.2) is 20.9 Å². The van der Waals surface area contributed by atoms with Crippen molar-refractivity contribution in [3.8, 4) is 0 Å². The van der Waals surface area contributed by atoms with Gasteiger partial charge in [-0.2, -0.15) is 0 Å². The molecular formula is C24H48O9Si. The summed E-state index contributed by atoms with van der Waals surface area (Å²) >= 11 is 0.